The lowest BCUT2D eigenvalue weighted by Crippen LogP contribution is -2.03. The van der Waals surface area contributed by atoms with Crippen LogP contribution in [-0.4, -0.2) is 17.6 Å². The van der Waals surface area contributed by atoms with Gasteiger partial charge >= 0.3 is 5.97 Å². The molecule has 0 saturated heterocycles. The molecule has 0 spiro atoms. The van der Waals surface area contributed by atoms with Crippen LogP contribution in [0.25, 0.3) is 11.3 Å². The van der Waals surface area contributed by atoms with E-state index in [2.05, 4.69) is 27.6 Å². The SMILES string of the molecule is CCOC(=O)c1nc(-c2ccc(I)cc2)cs1. The van der Waals surface area contributed by atoms with Crippen LogP contribution < -0.4 is 0 Å². The fourth-order valence-electron chi connectivity index (χ4n) is 1.31. The first kappa shape index (κ1) is 12.5. The van der Waals surface area contributed by atoms with Gasteiger partial charge in [-0.15, -0.1) is 11.3 Å². The first-order valence-electron chi connectivity index (χ1n) is 5.09. The zero-order valence-corrected chi connectivity index (χ0v) is 12.1. The highest BCUT2D eigenvalue weighted by Gasteiger charge is 2.12. The normalized spacial score (nSPS) is 10.2. The molecular weight excluding hydrogens is 349 g/mol. The van der Waals surface area contributed by atoms with Crippen LogP contribution in [-0.2, 0) is 4.74 Å². The Bertz CT molecular complexity index is 522. The van der Waals surface area contributed by atoms with Crippen LogP contribution in [0.4, 0.5) is 0 Å². The Morgan fingerprint density at radius 1 is 1.41 bits per heavy atom. The zero-order chi connectivity index (χ0) is 12.3. The van der Waals surface area contributed by atoms with Crippen LogP contribution in [0.3, 0.4) is 0 Å². The number of ether oxygens (including phenoxy) is 1. The highest BCUT2D eigenvalue weighted by Crippen LogP contribution is 2.23. The highest BCUT2D eigenvalue weighted by atomic mass is 127. The molecule has 0 unspecified atom stereocenters. The third-order valence-corrected chi connectivity index (χ3v) is 3.64. The van der Waals surface area contributed by atoms with E-state index in [0.29, 0.717) is 11.6 Å². The van der Waals surface area contributed by atoms with Gasteiger partial charge in [0.1, 0.15) is 0 Å². The van der Waals surface area contributed by atoms with E-state index in [4.69, 9.17) is 4.74 Å². The molecular formula is C12H10INO2S. The number of aromatic nitrogens is 1. The molecule has 5 heteroatoms. The smallest absolute Gasteiger partial charge is 0.367 e. The second-order valence-electron chi connectivity index (χ2n) is 3.27. The van der Waals surface area contributed by atoms with Gasteiger partial charge in [-0.3, -0.25) is 0 Å². The summed E-state index contributed by atoms with van der Waals surface area (Å²) >= 11 is 3.56. The summed E-state index contributed by atoms with van der Waals surface area (Å²) in [6.45, 7) is 2.16. The Kier molecular flexibility index (Phi) is 4.11. The molecule has 0 amide bonds. The number of nitrogens with zero attached hydrogens (tertiary/aromatic N) is 1. The van der Waals surface area contributed by atoms with E-state index in [0.717, 1.165) is 11.3 Å². The Morgan fingerprint density at radius 2 is 2.12 bits per heavy atom. The fraction of sp³-hybridized carbons (Fsp3) is 0.167. The van der Waals surface area contributed by atoms with E-state index in [9.17, 15) is 4.79 Å². The molecule has 88 valence electrons. The summed E-state index contributed by atoms with van der Waals surface area (Å²) in [5, 5.41) is 2.27. The second-order valence-corrected chi connectivity index (χ2v) is 5.37. The predicted molar refractivity (Wildman–Crippen MR) is 76.2 cm³/mol. The number of benzene rings is 1. The number of esters is 1. The van der Waals surface area contributed by atoms with Crippen molar-refractivity contribution >= 4 is 39.9 Å². The van der Waals surface area contributed by atoms with Crippen molar-refractivity contribution in [2.45, 2.75) is 6.92 Å². The summed E-state index contributed by atoms with van der Waals surface area (Å²) in [6.07, 6.45) is 0. The Balaban J connectivity index is 2.23. The van der Waals surface area contributed by atoms with Crippen molar-refractivity contribution in [1.29, 1.82) is 0 Å². The van der Waals surface area contributed by atoms with Crippen LogP contribution in [0.2, 0.25) is 0 Å². The summed E-state index contributed by atoms with van der Waals surface area (Å²) in [4.78, 5) is 15.7. The van der Waals surface area contributed by atoms with E-state index >= 15 is 0 Å². The number of rotatable bonds is 3. The molecule has 1 aromatic heterocycles. The van der Waals surface area contributed by atoms with Crippen molar-refractivity contribution in [1.82, 2.24) is 4.98 Å². The van der Waals surface area contributed by atoms with Gasteiger partial charge in [-0.1, -0.05) is 12.1 Å². The highest BCUT2D eigenvalue weighted by molar-refractivity contribution is 14.1. The summed E-state index contributed by atoms with van der Waals surface area (Å²) in [6, 6.07) is 8.01. The van der Waals surface area contributed by atoms with Gasteiger partial charge in [0.25, 0.3) is 0 Å². The van der Waals surface area contributed by atoms with Crippen molar-refractivity contribution in [2.75, 3.05) is 6.61 Å². The first-order valence-corrected chi connectivity index (χ1v) is 7.05. The van der Waals surface area contributed by atoms with Gasteiger partial charge in [0, 0.05) is 14.5 Å². The lowest BCUT2D eigenvalue weighted by atomic mass is 10.2. The van der Waals surface area contributed by atoms with E-state index in [1.165, 1.54) is 14.9 Å². The van der Waals surface area contributed by atoms with Gasteiger partial charge in [-0.25, -0.2) is 9.78 Å². The zero-order valence-electron chi connectivity index (χ0n) is 9.14. The van der Waals surface area contributed by atoms with Crippen molar-refractivity contribution in [3.05, 3.63) is 38.2 Å². The summed E-state index contributed by atoms with van der Waals surface area (Å²) in [7, 11) is 0. The minimum atomic E-state index is -0.353. The van der Waals surface area contributed by atoms with E-state index in [1.54, 1.807) is 6.92 Å². The molecule has 1 heterocycles. The first-order chi connectivity index (χ1) is 8.20. The molecule has 0 bridgehead atoms. The maximum Gasteiger partial charge on any atom is 0.367 e. The number of hydrogen-bond acceptors (Lipinski definition) is 4. The Morgan fingerprint density at radius 3 is 2.76 bits per heavy atom. The molecule has 0 aliphatic heterocycles. The average molecular weight is 359 g/mol. The standard InChI is InChI=1S/C12H10INO2S/c1-2-16-12(15)11-14-10(7-17-11)8-3-5-9(13)6-4-8/h3-7H,2H2,1H3. The van der Waals surface area contributed by atoms with Gasteiger partial charge in [0.05, 0.1) is 12.3 Å². The van der Waals surface area contributed by atoms with Crippen molar-refractivity contribution in [3.63, 3.8) is 0 Å². The van der Waals surface area contributed by atoms with Gasteiger partial charge in [-0.2, -0.15) is 0 Å². The molecule has 1 aromatic carbocycles. The number of carbonyl (C=O) groups excluding carboxylic acids is 1. The molecule has 17 heavy (non-hydrogen) atoms. The van der Waals surface area contributed by atoms with Crippen LogP contribution >= 0.6 is 33.9 Å². The van der Waals surface area contributed by atoms with Crippen molar-refractivity contribution in [2.24, 2.45) is 0 Å². The van der Waals surface area contributed by atoms with Crippen molar-refractivity contribution < 1.29 is 9.53 Å². The maximum atomic E-state index is 11.5. The topological polar surface area (TPSA) is 39.2 Å². The van der Waals surface area contributed by atoms with Crippen LogP contribution in [0, 0.1) is 3.57 Å². The second kappa shape index (κ2) is 5.59. The summed E-state index contributed by atoms with van der Waals surface area (Å²) in [5.41, 5.74) is 1.83. The monoisotopic (exact) mass is 359 g/mol. The third-order valence-electron chi connectivity index (χ3n) is 2.09. The Hall–Kier alpha value is -0.950. The van der Waals surface area contributed by atoms with Gasteiger partial charge in [0.2, 0.25) is 5.01 Å². The number of carbonyl (C=O) groups is 1. The molecule has 2 aromatic rings. The Labute approximate surface area is 117 Å². The number of halogens is 1. The molecule has 3 nitrogen and oxygen atoms in total. The predicted octanol–water partition coefficient (Wildman–Crippen LogP) is 3.59. The van der Waals surface area contributed by atoms with Gasteiger partial charge in [-0.05, 0) is 41.6 Å². The molecule has 0 atom stereocenters. The molecule has 0 fully saturated rings. The molecule has 0 N–H and O–H groups in total. The van der Waals surface area contributed by atoms with Gasteiger partial charge in [0.15, 0.2) is 0 Å². The largest absolute Gasteiger partial charge is 0.461 e. The summed E-state index contributed by atoms with van der Waals surface area (Å²) < 4.78 is 6.08. The quantitative estimate of drug-likeness (QED) is 0.621. The number of hydrogen-bond donors (Lipinski definition) is 0. The third kappa shape index (κ3) is 3.04. The van der Waals surface area contributed by atoms with Crippen LogP contribution in [0.1, 0.15) is 16.7 Å². The lowest BCUT2D eigenvalue weighted by Gasteiger charge is -1.97. The summed E-state index contributed by atoms with van der Waals surface area (Å²) in [5.74, 6) is -0.353. The van der Waals surface area contributed by atoms with Crippen molar-refractivity contribution in [3.8, 4) is 11.3 Å². The minimum Gasteiger partial charge on any atom is -0.461 e. The van der Waals surface area contributed by atoms with E-state index in [-0.39, 0.29) is 5.97 Å². The number of thiazole rings is 1. The molecule has 0 aliphatic carbocycles. The van der Waals surface area contributed by atoms with E-state index < -0.39 is 0 Å². The average Bonchev–Trinajstić information content (AvgIpc) is 2.80. The molecule has 0 aliphatic rings. The maximum absolute atomic E-state index is 11.5. The van der Waals surface area contributed by atoms with Crippen LogP contribution in [0.15, 0.2) is 29.6 Å². The molecule has 0 saturated carbocycles. The fourth-order valence-corrected chi connectivity index (χ4v) is 2.39. The van der Waals surface area contributed by atoms with Gasteiger partial charge < -0.3 is 4.74 Å². The minimum absolute atomic E-state index is 0.353. The van der Waals surface area contributed by atoms with E-state index in [1.807, 2.05) is 29.6 Å². The molecule has 0 radical (unpaired) electrons. The van der Waals surface area contributed by atoms with Crippen LogP contribution in [0.5, 0.6) is 0 Å². The molecule has 2 rings (SSSR count). The lowest BCUT2D eigenvalue weighted by molar-refractivity contribution is 0.0526.